The molecule has 1 rings (SSSR count). The van der Waals surface area contributed by atoms with Crippen molar-refractivity contribution in [1.82, 2.24) is 5.32 Å². The average molecular weight is 347 g/mol. The molecule has 0 aliphatic carbocycles. The molecule has 1 fully saturated rings. The summed E-state index contributed by atoms with van der Waals surface area (Å²) in [7, 11) is 0. The van der Waals surface area contributed by atoms with Gasteiger partial charge in [0.2, 0.25) is 5.91 Å². The lowest BCUT2D eigenvalue weighted by atomic mass is 9.95. The maximum absolute atomic E-state index is 11.7. The van der Waals surface area contributed by atoms with Crippen molar-refractivity contribution in [1.29, 1.82) is 0 Å². The van der Waals surface area contributed by atoms with Crippen LogP contribution in [0.2, 0.25) is 0 Å². The van der Waals surface area contributed by atoms with E-state index in [9.17, 15) is 9.90 Å². The van der Waals surface area contributed by atoms with Crippen LogP contribution in [-0.2, 0) is 23.7 Å². The van der Waals surface area contributed by atoms with Crippen molar-refractivity contribution in [2.45, 2.75) is 97.4 Å². The number of aliphatic hydroxyl groups excluding tert-OH is 1. The highest BCUT2D eigenvalue weighted by Crippen LogP contribution is 2.29. The van der Waals surface area contributed by atoms with Crippen molar-refractivity contribution in [2.24, 2.45) is 0 Å². The summed E-state index contributed by atoms with van der Waals surface area (Å²) in [5.74, 6) is -0.205. The minimum absolute atomic E-state index is 0.0774. The number of amides is 1. The number of hydrogen-bond donors (Lipinski definition) is 2. The SMILES string of the molecule is CC(=O)NC1[C@H](OC(C)C)OC(CO)[C@@H](OC(C)C)[C@@H]1OC(C)C. The Bertz CT molecular complexity index is 387. The summed E-state index contributed by atoms with van der Waals surface area (Å²) in [6, 6.07) is -0.529. The molecular formula is C17H33NO6. The molecule has 7 heteroatoms. The molecule has 0 aromatic carbocycles. The Morgan fingerprint density at radius 2 is 1.50 bits per heavy atom. The smallest absolute Gasteiger partial charge is 0.217 e. The molecule has 142 valence electrons. The average Bonchev–Trinajstić information content (AvgIpc) is 2.42. The monoisotopic (exact) mass is 347 g/mol. The number of nitrogens with one attached hydrogen (secondary N) is 1. The maximum Gasteiger partial charge on any atom is 0.217 e. The normalized spacial score (nSPS) is 31.0. The predicted molar refractivity (Wildman–Crippen MR) is 89.6 cm³/mol. The van der Waals surface area contributed by atoms with Crippen molar-refractivity contribution in [3.8, 4) is 0 Å². The number of rotatable bonds is 8. The molecule has 1 aliphatic heterocycles. The molecule has 1 amide bonds. The van der Waals surface area contributed by atoms with Gasteiger partial charge in [0, 0.05) is 6.92 Å². The highest BCUT2D eigenvalue weighted by atomic mass is 16.7. The zero-order chi connectivity index (χ0) is 18.4. The van der Waals surface area contributed by atoms with Gasteiger partial charge in [-0.2, -0.15) is 0 Å². The van der Waals surface area contributed by atoms with Gasteiger partial charge >= 0.3 is 0 Å². The molecule has 1 saturated heterocycles. The Kier molecular flexibility index (Phi) is 8.59. The van der Waals surface area contributed by atoms with Crippen LogP contribution in [0.15, 0.2) is 0 Å². The third-order valence-corrected chi connectivity index (χ3v) is 3.46. The topological polar surface area (TPSA) is 86.3 Å². The first-order valence-electron chi connectivity index (χ1n) is 8.65. The minimum Gasteiger partial charge on any atom is -0.394 e. The van der Waals surface area contributed by atoms with E-state index in [2.05, 4.69) is 5.32 Å². The van der Waals surface area contributed by atoms with E-state index in [-0.39, 0.29) is 30.8 Å². The van der Waals surface area contributed by atoms with Crippen LogP contribution in [0.25, 0.3) is 0 Å². The van der Waals surface area contributed by atoms with Gasteiger partial charge in [-0.1, -0.05) is 0 Å². The van der Waals surface area contributed by atoms with E-state index in [4.69, 9.17) is 18.9 Å². The van der Waals surface area contributed by atoms with Gasteiger partial charge in [-0.25, -0.2) is 0 Å². The van der Waals surface area contributed by atoms with Gasteiger partial charge in [-0.05, 0) is 41.5 Å². The van der Waals surface area contributed by atoms with E-state index in [1.165, 1.54) is 6.92 Å². The summed E-state index contributed by atoms with van der Waals surface area (Å²) in [6.07, 6.45) is -2.58. The van der Waals surface area contributed by atoms with Crippen LogP contribution in [0.3, 0.4) is 0 Å². The third-order valence-electron chi connectivity index (χ3n) is 3.46. The zero-order valence-corrected chi connectivity index (χ0v) is 15.8. The molecule has 24 heavy (non-hydrogen) atoms. The van der Waals surface area contributed by atoms with Crippen LogP contribution in [0.1, 0.15) is 48.5 Å². The molecule has 1 aliphatic rings. The molecule has 2 unspecified atom stereocenters. The van der Waals surface area contributed by atoms with Gasteiger partial charge < -0.3 is 29.4 Å². The van der Waals surface area contributed by atoms with Crippen molar-refractivity contribution in [3.05, 3.63) is 0 Å². The van der Waals surface area contributed by atoms with Gasteiger partial charge in [-0.15, -0.1) is 0 Å². The highest BCUT2D eigenvalue weighted by molar-refractivity contribution is 5.73. The molecule has 1 heterocycles. The van der Waals surface area contributed by atoms with E-state index in [1.54, 1.807) is 0 Å². The lowest BCUT2D eigenvalue weighted by Crippen LogP contribution is -2.66. The first-order valence-corrected chi connectivity index (χ1v) is 8.65. The Morgan fingerprint density at radius 1 is 1.00 bits per heavy atom. The van der Waals surface area contributed by atoms with Gasteiger partial charge in [0.1, 0.15) is 24.4 Å². The van der Waals surface area contributed by atoms with Crippen molar-refractivity contribution < 1.29 is 28.8 Å². The summed E-state index contributed by atoms with van der Waals surface area (Å²) in [5.41, 5.74) is 0. The fraction of sp³-hybridized carbons (Fsp3) is 0.941. The molecule has 0 spiro atoms. The fourth-order valence-corrected chi connectivity index (χ4v) is 2.78. The van der Waals surface area contributed by atoms with Crippen LogP contribution in [-0.4, -0.2) is 66.6 Å². The number of hydrogen-bond acceptors (Lipinski definition) is 6. The molecule has 7 nitrogen and oxygen atoms in total. The van der Waals surface area contributed by atoms with E-state index in [0.29, 0.717) is 0 Å². The van der Waals surface area contributed by atoms with E-state index in [1.807, 2.05) is 41.5 Å². The predicted octanol–water partition coefficient (Wildman–Crippen LogP) is 1.22. The van der Waals surface area contributed by atoms with E-state index >= 15 is 0 Å². The largest absolute Gasteiger partial charge is 0.394 e. The Balaban J connectivity index is 3.16. The van der Waals surface area contributed by atoms with Gasteiger partial charge in [0.15, 0.2) is 6.29 Å². The van der Waals surface area contributed by atoms with Crippen LogP contribution in [0.5, 0.6) is 0 Å². The molecule has 0 aromatic heterocycles. The first-order chi connectivity index (χ1) is 11.1. The van der Waals surface area contributed by atoms with Crippen LogP contribution < -0.4 is 5.32 Å². The molecule has 2 N–H and O–H groups in total. The lowest BCUT2D eigenvalue weighted by Gasteiger charge is -2.47. The van der Waals surface area contributed by atoms with Crippen LogP contribution >= 0.6 is 0 Å². The van der Waals surface area contributed by atoms with Gasteiger partial charge in [0.25, 0.3) is 0 Å². The number of carbonyl (C=O) groups excluding carboxylic acids is 1. The number of ether oxygens (including phenoxy) is 4. The Morgan fingerprint density at radius 3 is 1.92 bits per heavy atom. The van der Waals surface area contributed by atoms with Gasteiger partial charge in [-0.3, -0.25) is 4.79 Å². The number of aliphatic hydroxyl groups is 1. The lowest BCUT2D eigenvalue weighted by molar-refractivity contribution is -0.299. The quantitative estimate of drug-likeness (QED) is 0.687. The van der Waals surface area contributed by atoms with Crippen molar-refractivity contribution in [3.63, 3.8) is 0 Å². The summed E-state index contributed by atoms with van der Waals surface area (Å²) in [6.45, 7) is 12.6. The molecule has 5 atom stereocenters. The summed E-state index contributed by atoms with van der Waals surface area (Å²) in [5, 5.41) is 12.6. The first kappa shape index (κ1) is 21.3. The second-order valence-corrected chi connectivity index (χ2v) is 6.94. The summed E-state index contributed by atoms with van der Waals surface area (Å²) in [4.78, 5) is 11.7. The fourth-order valence-electron chi connectivity index (χ4n) is 2.78. The van der Waals surface area contributed by atoms with Gasteiger partial charge in [0.05, 0.1) is 24.9 Å². The minimum atomic E-state index is -0.721. The molecule has 0 bridgehead atoms. The van der Waals surface area contributed by atoms with Crippen LogP contribution in [0, 0.1) is 0 Å². The van der Waals surface area contributed by atoms with E-state index < -0.39 is 30.6 Å². The van der Waals surface area contributed by atoms with Crippen LogP contribution in [0.4, 0.5) is 0 Å². The van der Waals surface area contributed by atoms with E-state index in [0.717, 1.165) is 0 Å². The maximum atomic E-state index is 11.7. The molecule has 0 aromatic rings. The number of carbonyl (C=O) groups is 1. The molecule has 0 radical (unpaired) electrons. The van der Waals surface area contributed by atoms with Crippen molar-refractivity contribution in [2.75, 3.05) is 6.61 Å². The zero-order valence-electron chi connectivity index (χ0n) is 15.8. The standard InChI is InChI=1S/C17H33NO6/c1-9(2)21-15-13(8-19)24-17(23-11(5)6)14(18-12(7)20)16(15)22-10(3)4/h9-11,13-17,19H,8H2,1-7H3,(H,18,20)/t13?,14?,15-,16-,17-/m1/s1. The molecule has 0 saturated carbocycles. The second kappa shape index (κ2) is 9.68. The Hall–Kier alpha value is -0.730. The second-order valence-electron chi connectivity index (χ2n) is 6.94. The Labute approximate surface area is 145 Å². The molecular weight excluding hydrogens is 314 g/mol. The highest BCUT2D eigenvalue weighted by Gasteiger charge is 2.49. The summed E-state index contributed by atoms with van der Waals surface area (Å²) < 4.78 is 23.7. The summed E-state index contributed by atoms with van der Waals surface area (Å²) >= 11 is 0. The third kappa shape index (κ3) is 6.29. The van der Waals surface area contributed by atoms with Crippen molar-refractivity contribution >= 4 is 5.91 Å².